The van der Waals surface area contributed by atoms with Gasteiger partial charge in [-0.15, -0.1) is 0 Å². The van der Waals surface area contributed by atoms with E-state index in [4.69, 9.17) is 0 Å². The lowest BCUT2D eigenvalue weighted by Crippen LogP contribution is -2.34. The minimum absolute atomic E-state index is 0.212. The summed E-state index contributed by atoms with van der Waals surface area (Å²) in [6, 6.07) is 0. The first-order valence-corrected chi connectivity index (χ1v) is 6.49. The molecule has 90 valence electrons. The molecule has 2 N–H and O–H groups in total. The van der Waals surface area contributed by atoms with Gasteiger partial charge in [-0.25, -0.2) is 0 Å². The van der Waals surface area contributed by atoms with Crippen LogP contribution in [0.5, 0.6) is 0 Å². The van der Waals surface area contributed by atoms with Gasteiger partial charge in [-0.3, -0.25) is 4.79 Å². The Kier molecular flexibility index (Phi) is 4.40. The number of hydrogen-bond acceptors (Lipinski definition) is 2. The van der Waals surface area contributed by atoms with Crippen molar-refractivity contribution in [2.24, 2.45) is 11.8 Å². The maximum absolute atomic E-state index is 11.7. The molecule has 1 aliphatic carbocycles. The molecule has 1 amide bonds. The molecule has 0 aromatic carbocycles. The third-order valence-corrected chi connectivity index (χ3v) is 3.63. The molecule has 16 heavy (non-hydrogen) atoms. The van der Waals surface area contributed by atoms with Crippen molar-refractivity contribution in [3.05, 3.63) is 12.2 Å². The summed E-state index contributed by atoms with van der Waals surface area (Å²) < 4.78 is 0. The second kappa shape index (κ2) is 6.04. The van der Waals surface area contributed by atoms with Gasteiger partial charge in [0.25, 0.3) is 0 Å². The molecule has 0 aromatic rings. The van der Waals surface area contributed by atoms with Crippen LogP contribution in [-0.2, 0) is 4.79 Å². The van der Waals surface area contributed by atoms with Crippen LogP contribution in [0, 0.1) is 11.8 Å². The third-order valence-electron chi connectivity index (χ3n) is 3.63. The van der Waals surface area contributed by atoms with Crippen LogP contribution in [0.1, 0.15) is 32.1 Å². The molecule has 1 heterocycles. The van der Waals surface area contributed by atoms with Gasteiger partial charge in [0.2, 0.25) is 5.91 Å². The van der Waals surface area contributed by atoms with Gasteiger partial charge in [0.15, 0.2) is 0 Å². The Bertz CT molecular complexity index is 249. The van der Waals surface area contributed by atoms with Gasteiger partial charge in [0.05, 0.1) is 0 Å². The maximum Gasteiger partial charge on any atom is 0.223 e. The Morgan fingerprint density at radius 1 is 1.38 bits per heavy atom. The van der Waals surface area contributed by atoms with E-state index in [2.05, 4.69) is 22.8 Å². The maximum atomic E-state index is 11.7. The molecule has 0 spiro atoms. The summed E-state index contributed by atoms with van der Waals surface area (Å²) in [5.74, 6) is 1.22. The van der Waals surface area contributed by atoms with Crippen LogP contribution >= 0.6 is 0 Å². The first-order chi connectivity index (χ1) is 7.86. The number of carbonyl (C=O) groups excluding carboxylic acids is 1. The molecule has 0 radical (unpaired) electrons. The van der Waals surface area contributed by atoms with E-state index < -0.39 is 0 Å². The fraction of sp³-hybridized carbons (Fsp3) is 0.769. The molecule has 2 aliphatic rings. The highest BCUT2D eigenvalue weighted by Crippen LogP contribution is 2.18. The number of carbonyl (C=O) groups is 1. The van der Waals surface area contributed by atoms with Crippen molar-refractivity contribution >= 4 is 5.91 Å². The zero-order chi connectivity index (χ0) is 11.2. The van der Waals surface area contributed by atoms with Gasteiger partial charge in [-0.2, -0.15) is 0 Å². The van der Waals surface area contributed by atoms with Crippen LogP contribution in [0.25, 0.3) is 0 Å². The normalized spacial score (nSPS) is 25.9. The van der Waals surface area contributed by atoms with Crippen molar-refractivity contribution < 1.29 is 4.79 Å². The molecular weight excluding hydrogens is 200 g/mol. The molecule has 2 rings (SSSR count). The summed E-state index contributed by atoms with van der Waals surface area (Å²) in [6.07, 6.45) is 9.79. The van der Waals surface area contributed by atoms with Crippen LogP contribution < -0.4 is 10.6 Å². The minimum atomic E-state index is 0.212. The van der Waals surface area contributed by atoms with Gasteiger partial charge in [0.1, 0.15) is 0 Å². The van der Waals surface area contributed by atoms with E-state index in [9.17, 15) is 4.79 Å². The average molecular weight is 222 g/mol. The largest absolute Gasteiger partial charge is 0.356 e. The zero-order valence-corrected chi connectivity index (χ0v) is 9.87. The summed E-state index contributed by atoms with van der Waals surface area (Å²) in [6.45, 7) is 3.14. The summed E-state index contributed by atoms with van der Waals surface area (Å²) in [5, 5.41) is 6.47. The van der Waals surface area contributed by atoms with E-state index in [1.807, 2.05) is 0 Å². The van der Waals surface area contributed by atoms with Crippen LogP contribution in [-0.4, -0.2) is 25.5 Å². The van der Waals surface area contributed by atoms with E-state index in [1.54, 1.807) is 0 Å². The topological polar surface area (TPSA) is 41.1 Å². The fourth-order valence-electron chi connectivity index (χ4n) is 2.55. The van der Waals surface area contributed by atoms with Crippen molar-refractivity contribution in [2.75, 3.05) is 19.6 Å². The third kappa shape index (κ3) is 3.34. The van der Waals surface area contributed by atoms with E-state index in [0.717, 1.165) is 44.8 Å². The van der Waals surface area contributed by atoms with Gasteiger partial charge >= 0.3 is 0 Å². The van der Waals surface area contributed by atoms with Crippen LogP contribution in [0.4, 0.5) is 0 Å². The molecule has 3 heteroatoms. The average Bonchev–Trinajstić information content (AvgIpc) is 2.84. The number of amides is 1. The lowest BCUT2D eigenvalue weighted by atomic mass is 9.96. The van der Waals surface area contributed by atoms with E-state index in [0.29, 0.717) is 0 Å². The first-order valence-electron chi connectivity index (χ1n) is 6.49. The van der Waals surface area contributed by atoms with E-state index >= 15 is 0 Å². The molecule has 1 saturated heterocycles. The fourth-order valence-corrected chi connectivity index (χ4v) is 2.55. The second-order valence-corrected chi connectivity index (χ2v) is 4.93. The van der Waals surface area contributed by atoms with Gasteiger partial charge in [-0.05, 0) is 51.1 Å². The molecule has 1 atom stereocenters. The summed E-state index contributed by atoms with van der Waals surface area (Å²) in [5.41, 5.74) is 0. The lowest BCUT2D eigenvalue weighted by Gasteiger charge is -2.22. The van der Waals surface area contributed by atoms with E-state index in [1.165, 1.54) is 12.8 Å². The van der Waals surface area contributed by atoms with Crippen LogP contribution in [0.15, 0.2) is 12.2 Å². The monoisotopic (exact) mass is 222 g/mol. The molecule has 3 nitrogen and oxygen atoms in total. The van der Waals surface area contributed by atoms with Crippen molar-refractivity contribution in [1.82, 2.24) is 10.6 Å². The highest BCUT2D eigenvalue weighted by atomic mass is 16.1. The summed E-state index contributed by atoms with van der Waals surface area (Å²) in [7, 11) is 0. The lowest BCUT2D eigenvalue weighted by molar-refractivity contribution is -0.124. The van der Waals surface area contributed by atoms with Gasteiger partial charge < -0.3 is 10.6 Å². The molecule has 1 aliphatic heterocycles. The highest BCUT2D eigenvalue weighted by molar-refractivity contribution is 5.79. The predicted molar refractivity (Wildman–Crippen MR) is 65.1 cm³/mol. The molecule has 0 aromatic heterocycles. The van der Waals surface area contributed by atoms with E-state index in [-0.39, 0.29) is 11.8 Å². The van der Waals surface area contributed by atoms with Crippen LogP contribution in [0.3, 0.4) is 0 Å². The molecule has 1 fully saturated rings. The number of rotatable bonds is 4. The van der Waals surface area contributed by atoms with Crippen molar-refractivity contribution in [1.29, 1.82) is 0 Å². The van der Waals surface area contributed by atoms with Gasteiger partial charge in [0, 0.05) is 12.5 Å². The van der Waals surface area contributed by atoms with Crippen molar-refractivity contribution in [3.8, 4) is 0 Å². The van der Waals surface area contributed by atoms with Crippen LogP contribution in [0.2, 0.25) is 0 Å². The number of nitrogens with one attached hydrogen (secondary N) is 2. The Labute approximate surface area is 97.7 Å². The quantitative estimate of drug-likeness (QED) is 0.707. The summed E-state index contributed by atoms with van der Waals surface area (Å²) >= 11 is 0. The van der Waals surface area contributed by atoms with Crippen molar-refractivity contribution in [3.63, 3.8) is 0 Å². The molecule has 0 saturated carbocycles. The number of allylic oxidation sites excluding steroid dienone is 2. The Morgan fingerprint density at radius 2 is 2.19 bits per heavy atom. The minimum Gasteiger partial charge on any atom is -0.356 e. The second-order valence-electron chi connectivity index (χ2n) is 4.93. The zero-order valence-electron chi connectivity index (χ0n) is 9.87. The molecule has 0 bridgehead atoms. The number of piperidine rings is 1. The Hall–Kier alpha value is -0.830. The smallest absolute Gasteiger partial charge is 0.223 e. The summed E-state index contributed by atoms with van der Waals surface area (Å²) in [4.78, 5) is 11.7. The van der Waals surface area contributed by atoms with Crippen molar-refractivity contribution in [2.45, 2.75) is 32.1 Å². The SMILES string of the molecule is O=C(NCCC1CCCNC1)C1CC=CC1. The number of hydrogen-bond donors (Lipinski definition) is 2. The Morgan fingerprint density at radius 3 is 2.88 bits per heavy atom. The molecular formula is C13H22N2O. The standard InChI is InChI=1S/C13H22N2O/c16-13(12-5-1-2-6-12)15-9-7-11-4-3-8-14-10-11/h1-2,11-12,14H,3-10H2,(H,15,16). The first kappa shape index (κ1) is 11.6. The predicted octanol–water partition coefficient (Wildman–Crippen LogP) is 1.46. The Balaban J connectivity index is 1.58. The molecule has 1 unspecified atom stereocenters. The highest BCUT2D eigenvalue weighted by Gasteiger charge is 2.19. The van der Waals surface area contributed by atoms with Gasteiger partial charge in [-0.1, -0.05) is 12.2 Å².